The lowest BCUT2D eigenvalue weighted by atomic mass is 9.72. The van der Waals surface area contributed by atoms with Gasteiger partial charge in [0.15, 0.2) is 0 Å². The molecule has 0 aromatic carbocycles. The lowest BCUT2D eigenvalue weighted by Gasteiger charge is -2.32. The highest BCUT2D eigenvalue weighted by Gasteiger charge is 2.52. The lowest BCUT2D eigenvalue weighted by Crippen LogP contribution is -2.39. The van der Waals surface area contributed by atoms with Crippen LogP contribution in [0.3, 0.4) is 0 Å². The van der Waals surface area contributed by atoms with E-state index >= 15 is 0 Å². The first kappa shape index (κ1) is 17.8. The zero-order valence-corrected chi connectivity index (χ0v) is 14.5. The van der Waals surface area contributed by atoms with Crippen molar-refractivity contribution in [3.05, 3.63) is 0 Å². The molecule has 1 aliphatic carbocycles. The van der Waals surface area contributed by atoms with Crippen LogP contribution in [0.4, 0.5) is 4.79 Å². The van der Waals surface area contributed by atoms with E-state index in [0.29, 0.717) is 32.4 Å². The third-order valence-corrected chi connectivity index (χ3v) is 4.87. The standard InChI is InChI=1S/C17H27NO5/c1-16(2,3)23-15(21)18-10-5-7-17(9-11-18)8-6-12(19)13(17)14(20)22-4/h13H,5-11H2,1-4H3. The monoisotopic (exact) mass is 325 g/mol. The molecule has 1 aliphatic heterocycles. The Kier molecular flexibility index (Phi) is 5.01. The number of rotatable bonds is 1. The second-order valence-electron chi connectivity index (χ2n) is 7.61. The zero-order valence-electron chi connectivity index (χ0n) is 14.5. The summed E-state index contributed by atoms with van der Waals surface area (Å²) in [5.74, 6) is -1.13. The Morgan fingerprint density at radius 3 is 2.48 bits per heavy atom. The van der Waals surface area contributed by atoms with Crippen LogP contribution in [-0.4, -0.2) is 48.5 Å². The van der Waals surface area contributed by atoms with Gasteiger partial charge < -0.3 is 14.4 Å². The van der Waals surface area contributed by atoms with Crippen molar-refractivity contribution < 1.29 is 23.9 Å². The lowest BCUT2D eigenvalue weighted by molar-refractivity contribution is -0.152. The highest BCUT2D eigenvalue weighted by Crippen LogP contribution is 2.49. The molecule has 6 nitrogen and oxygen atoms in total. The molecule has 1 heterocycles. The molecule has 6 heteroatoms. The molecule has 0 aromatic rings. The molecule has 23 heavy (non-hydrogen) atoms. The number of hydrogen-bond donors (Lipinski definition) is 0. The number of esters is 1. The van der Waals surface area contributed by atoms with Crippen LogP contribution in [0.5, 0.6) is 0 Å². The number of methoxy groups -OCH3 is 1. The van der Waals surface area contributed by atoms with E-state index in [-0.39, 0.29) is 17.3 Å². The molecule has 1 amide bonds. The maximum atomic E-state index is 12.3. The maximum absolute atomic E-state index is 12.3. The van der Waals surface area contributed by atoms with Gasteiger partial charge in [-0.3, -0.25) is 9.59 Å². The SMILES string of the molecule is COC(=O)C1C(=O)CCC12CCCN(C(=O)OC(C)(C)C)CC2. The van der Waals surface area contributed by atoms with Crippen LogP contribution in [0, 0.1) is 11.3 Å². The fourth-order valence-electron chi connectivity index (χ4n) is 3.77. The first-order valence-electron chi connectivity index (χ1n) is 8.27. The number of Topliss-reactive ketones (excluding diaryl/α,β-unsaturated/α-hetero) is 1. The van der Waals surface area contributed by atoms with Gasteiger partial charge in [0.1, 0.15) is 17.3 Å². The first-order chi connectivity index (χ1) is 10.7. The molecule has 0 bridgehead atoms. The van der Waals surface area contributed by atoms with Gasteiger partial charge in [-0.2, -0.15) is 0 Å². The Bertz CT molecular complexity index is 496. The van der Waals surface area contributed by atoms with Crippen molar-refractivity contribution in [2.45, 2.75) is 58.5 Å². The summed E-state index contributed by atoms with van der Waals surface area (Å²) in [6.07, 6.45) is 2.96. The van der Waals surface area contributed by atoms with Crippen molar-refractivity contribution in [2.24, 2.45) is 11.3 Å². The second-order valence-corrected chi connectivity index (χ2v) is 7.61. The molecule has 130 valence electrons. The van der Waals surface area contributed by atoms with E-state index in [0.717, 1.165) is 12.8 Å². The highest BCUT2D eigenvalue weighted by atomic mass is 16.6. The average Bonchev–Trinajstić information content (AvgIpc) is 2.64. The fourth-order valence-corrected chi connectivity index (χ4v) is 3.77. The Morgan fingerprint density at radius 2 is 1.87 bits per heavy atom. The number of ether oxygens (including phenoxy) is 2. The molecular weight excluding hydrogens is 298 g/mol. The van der Waals surface area contributed by atoms with Crippen molar-refractivity contribution in [3.8, 4) is 0 Å². The normalized spacial score (nSPS) is 28.6. The predicted molar refractivity (Wildman–Crippen MR) is 83.8 cm³/mol. The van der Waals surface area contributed by atoms with E-state index in [1.165, 1.54) is 7.11 Å². The molecule has 1 saturated carbocycles. The third kappa shape index (κ3) is 3.85. The summed E-state index contributed by atoms with van der Waals surface area (Å²) in [4.78, 5) is 38.2. The van der Waals surface area contributed by atoms with Crippen LogP contribution >= 0.6 is 0 Å². The van der Waals surface area contributed by atoms with Crippen molar-refractivity contribution in [3.63, 3.8) is 0 Å². The van der Waals surface area contributed by atoms with Crippen LogP contribution in [0.1, 0.15) is 52.9 Å². The van der Waals surface area contributed by atoms with Gasteiger partial charge in [-0.1, -0.05) is 0 Å². The number of carbonyl (C=O) groups is 3. The quantitative estimate of drug-likeness (QED) is 0.547. The number of nitrogens with zero attached hydrogens (tertiary/aromatic N) is 1. The molecule has 2 unspecified atom stereocenters. The minimum Gasteiger partial charge on any atom is -0.468 e. The number of likely N-dealkylation sites (tertiary alicyclic amines) is 1. The van der Waals surface area contributed by atoms with Crippen LogP contribution < -0.4 is 0 Å². The predicted octanol–water partition coefficient (Wildman–Crippen LogP) is 2.55. The Labute approximate surface area is 137 Å². The Balaban J connectivity index is 2.09. The van der Waals surface area contributed by atoms with Crippen molar-refractivity contribution in [1.29, 1.82) is 0 Å². The average molecular weight is 325 g/mol. The molecule has 2 rings (SSSR count). The van der Waals surface area contributed by atoms with E-state index in [1.54, 1.807) is 4.90 Å². The molecule has 2 fully saturated rings. The van der Waals surface area contributed by atoms with Crippen LogP contribution in [-0.2, 0) is 19.1 Å². The number of carbonyl (C=O) groups excluding carboxylic acids is 3. The van der Waals surface area contributed by atoms with Gasteiger partial charge in [0.05, 0.1) is 7.11 Å². The van der Waals surface area contributed by atoms with Gasteiger partial charge in [0.2, 0.25) is 0 Å². The largest absolute Gasteiger partial charge is 0.468 e. The summed E-state index contributed by atoms with van der Waals surface area (Å²) in [5, 5.41) is 0. The minimum absolute atomic E-state index is 0.0254. The smallest absolute Gasteiger partial charge is 0.410 e. The number of amides is 1. The number of ketones is 1. The molecule has 2 aliphatic rings. The molecule has 2 atom stereocenters. The minimum atomic E-state index is -0.675. The topological polar surface area (TPSA) is 72.9 Å². The molecule has 0 radical (unpaired) electrons. The van der Waals surface area contributed by atoms with E-state index in [1.807, 2.05) is 20.8 Å². The summed E-state index contributed by atoms with van der Waals surface area (Å²) >= 11 is 0. The van der Waals surface area contributed by atoms with E-state index in [4.69, 9.17) is 9.47 Å². The molecule has 1 spiro atoms. The van der Waals surface area contributed by atoms with Gasteiger partial charge in [0, 0.05) is 19.5 Å². The Hall–Kier alpha value is -1.59. The van der Waals surface area contributed by atoms with Crippen LogP contribution in [0.15, 0.2) is 0 Å². The first-order valence-corrected chi connectivity index (χ1v) is 8.27. The van der Waals surface area contributed by atoms with E-state index in [2.05, 4.69) is 0 Å². The van der Waals surface area contributed by atoms with Crippen molar-refractivity contribution in [1.82, 2.24) is 4.90 Å². The van der Waals surface area contributed by atoms with Gasteiger partial charge in [-0.15, -0.1) is 0 Å². The van der Waals surface area contributed by atoms with Gasteiger partial charge in [0.25, 0.3) is 0 Å². The summed E-state index contributed by atoms with van der Waals surface area (Å²) in [6.45, 7) is 6.63. The van der Waals surface area contributed by atoms with Crippen LogP contribution in [0.25, 0.3) is 0 Å². The molecule has 0 aromatic heterocycles. The highest BCUT2D eigenvalue weighted by molar-refractivity contribution is 6.01. The van der Waals surface area contributed by atoms with Gasteiger partial charge >= 0.3 is 12.1 Å². The third-order valence-electron chi connectivity index (χ3n) is 4.87. The summed E-state index contributed by atoms with van der Waals surface area (Å²) in [5.41, 5.74) is -0.889. The van der Waals surface area contributed by atoms with Crippen molar-refractivity contribution in [2.75, 3.05) is 20.2 Å². The molecule has 0 N–H and O–H groups in total. The van der Waals surface area contributed by atoms with E-state index in [9.17, 15) is 14.4 Å². The molecular formula is C17H27NO5. The second kappa shape index (κ2) is 6.49. The molecule has 1 saturated heterocycles. The van der Waals surface area contributed by atoms with Gasteiger partial charge in [-0.25, -0.2) is 4.79 Å². The fraction of sp³-hybridized carbons (Fsp3) is 0.824. The summed E-state index contributed by atoms with van der Waals surface area (Å²) < 4.78 is 10.3. The van der Waals surface area contributed by atoms with Gasteiger partial charge in [-0.05, 0) is 51.9 Å². The van der Waals surface area contributed by atoms with Crippen LogP contribution in [0.2, 0.25) is 0 Å². The maximum Gasteiger partial charge on any atom is 0.410 e. The summed E-state index contributed by atoms with van der Waals surface area (Å²) in [6, 6.07) is 0. The van der Waals surface area contributed by atoms with Crippen molar-refractivity contribution >= 4 is 17.8 Å². The zero-order chi connectivity index (χ0) is 17.3. The Morgan fingerprint density at radius 1 is 1.17 bits per heavy atom. The van der Waals surface area contributed by atoms with E-state index < -0.39 is 17.5 Å². The summed E-state index contributed by atoms with van der Waals surface area (Å²) in [7, 11) is 1.32. The number of hydrogen-bond acceptors (Lipinski definition) is 5.